The van der Waals surface area contributed by atoms with Crippen LogP contribution in [-0.4, -0.2) is 40.6 Å². The summed E-state index contributed by atoms with van der Waals surface area (Å²) >= 11 is 0. The molecular formula is C27H24N2O5. The summed E-state index contributed by atoms with van der Waals surface area (Å²) in [6.07, 6.45) is -0.661. The summed E-state index contributed by atoms with van der Waals surface area (Å²) in [4.78, 5) is 38.5. The second kappa shape index (κ2) is 8.67. The summed E-state index contributed by atoms with van der Waals surface area (Å²) in [6, 6.07) is 20.4. The van der Waals surface area contributed by atoms with E-state index in [0.717, 1.165) is 27.8 Å². The second-order valence-corrected chi connectivity index (χ2v) is 8.63. The number of fused-ring (bicyclic) bond motifs is 4. The zero-order valence-corrected chi connectivity index (χ0v) is 18.7. The number of carbonyl (C=O) groups is 3. The maximum absolute atomic E-state index is 12.9. The summed E-state index contributed by atoms with van der Waals surface area (Å²) in [5.41, 5.74) is 6.16. The largest absolute Gasteiger partial charge is 0.478 e. The van der Waals surface area contributed by atoms with E-state index in [0.29, 0.717) is 12.1 Å². The summed E-state index contributed by atoms with van der Waals surface area (Å²) in [5, 5.41) is 12.0. The predicted octanol–water partition coefficient (Wildman–Crippen LogP) is 4.15. The predicted molar refractivity (Wildman–Crippen MR) is 125 cm³/mol. The molecule has 0 radical (unpaired) electrons. The number of aromatic carboxylic acids is 1. The van der Waals surface area contributed by atoms with E-state index in [1.54, 1.807) is 17.9 Å². The number of ether oxygens (including phenoxy) is 1. The molecule has 2 N–H and O–H groups in total. The van der Waals surface area contributed by atoms with Crippen molar-refractivity contribution in [2.75, 3.05) is 6.61 Å². The normalized spacial score (nSPS) is 14.7. The molecule has 0 fully saturated rings. The molecule has 0 saturated carbocycles. The number of hydrogen-bond acceptors (Lipinski definition) is 4. The number of hydrogen-bond donors (Lipinski definition) is 2. The molecule has 34 heavy (non-hydrogen) atoms. The van der Waals surface area contributed by atoms with Crippen molar-refractivity contribution in [3.63, 3.8) is 0 Å². The van der Waals surface area contributed by atoms with E-state index in [4.69, 9.17) is 4.74 Å². The zero-order chi connectivity index (χ0) is 23.8. The Morgan fingerprint density at radius 1 is 0.971 bits per heavy atom. The number of carboxylic acids is 1. The zero-order valence-electron chi connectivity index (χ0n) is 18.7. The SMILES string of the molecule is C[C@H](NC(=O)OCC1c2ccccc2-c2ccccc21)C(=O)N1Cc2cccc(C(=O)O)c2C1. The molecule has 1 aliphatic carbocycles. The Kier molecular flexibility index (Phi) is 5.53. The van der Waals surface area contributed by atoms with Crippen molar-refractivity contribution in [2.24, 2.45) is 0 Å². The van der Waals surface area contributed by atoms with Crippen molar-refractivity contribution in [1.29, 1.82) is 0 Å². The molecule has 3 aromatic carbocycles. The molecule has 0 unspecified atom stereocenters. The van der Waals surface area contributed by atoms with Crippen LogP contribution in [0, 0.1) is 0 Å². The van der Waals surface area contributed by atoms with Gasteiger partial charge in [-0.1, -0.05) is 60.7 Å². The highest BCUT2D eigenvalue weighted by Gasteiger charge is 2.32. The van der Waals surface area contributed by atoms with Crippen molar-refractivity contribution >= 4 is 18.0 Å². The molecule has 1 atom stereocenters. The molecule has 172 valence electrons. The number of nitrogens with one attached hydrogen (secondary N) is 1. The van der Waals surface area contributed by atoms with Crippen molar-refractivity contribution in [3.8, 4) is 11.1 Å². The third kappa shape index (κ3) is 3.79. The van der Waals surface area contributed by atoms with Gasteiger partial charge < -0.3 is 20.1 Å². The molecule has 7 heteroatoms. The minimum atomic E-state index is -1.02. The van der Waals surface area contributed by atoms with Gasteiger partial charge in [0.15, 0.2) is 0 Å². The van der Waals surface area contributed by atoms with Crippen LogP contribution in [0.25, 0.3) is 11.1 Å². The average molecular weight is 456 g/mol. The number of nitrogens with zero attached hydrogens (tertiary/aromatic N) is 1. The molecule has 1 heterocycles. The van der Waals surface area contributed by atoms with Crippen molar-refractivity contribution in [2.45, 2.75) is 32.0 Å². The van der Waals surface area contributed by atoms with Crippen LogP contribution < -0.4 is 5.32 Å². The quantitative estimate of drug-likeness (QED) is 0.601. The van der Waals surface area contributed by atoms with Gasteiger partial charge in [-0.25, -0.2) is 9.59 Å². The monoisotopic (exact) mass is 456 g/mol. The first-order chi connectivity index (χ1) is 16.4. The standard InChI is InChI=1S/C27H24N2O5/c1-16(25(30)29-13-17-7-6-12-22(26(31)32)23(17)14-29)28-27(33)34-15-24-20-10-4-2-8-18(20)19-9-3-5-11-21(19)24/h2-12,16,24H,13-15H2,1H3,(H,28,33)(H,31,32)/t16-/m0/s1. The third-order valence-electron chi connectivity index (χ3n) is 6.57. The molecule has 0 aromatic heterocycles. The Hall–Kier alpha value is -4.13. The molecule has 0 bridgehead atoms. The molecule has 2 aliphatic rings. The van der Waals surface area contributed by atoms with E-state index in [9.17, 15) is 19.5 Å². The molecular weight excluding hydrogens is 432 g/mol. The van der Waals surface area contributed by atoms with Crippen LogP contribution in [0.5, 0.6) is 0 Å². The first kappa shape index (κ1) is 21.7. The summed E-state index contributed by atoms with van der Waals surface area (Å²) in [6.45, 7) is 2.28. The van der Waals surface area contributed by atoms with Crippen LogP contribution in [0.1, 0.15) is 45.5 Å². The lowest BCUT2D eigenvalue weighted by molar-refractivity contribution is -0.133. The Balaban J connectivity index is 1.21. The molecule has 0 saturated heterocycles. The van der Waals surface area contributed by atoms with Gasteiger partial charge in [0.25, 0.3) is 0 Å². The van der Waals surface area contributed by atoms with Gasteiger partial charge in [-0.15, -0.1) is 0 Å². The van der Waals surface area contributed by atoms with Crippen molar-refractivity contribution < 1.29 is 24.2 Å². The molecule has 1 aliphatic heterocycles. The van der Waals surface area contributed by atoms with Gasteiger partial charge >= 0.3 is 12.1 Å². The van der Waals surface area contributed by atoms with Gasteiger partial charge in [0.05, 0.1) is 5.56 Å². The van der Waals surface area contributed by atoms with E-state index < -0.39 is 18.1 Å². The number of carboxylic acid groups (broad SMARTS) is 1. The van der Waals surface area contributed by atoms with E-state index >= 15 is 0 Å². The summed E-state index contributed by atoms with van der Waals surface area (Å²) in [5.74, 6) is -1.37. The highest BCUT2D eigenvalue weighted by atomic mass is 16.5. The smallest absolute Gasteiger partial charge is 0.407 e. The van der Waals surface area contributed by atoms with Crippen molar-refractivity contribution in [1.82, 2.24) is 10.2 Å². The fourth-order valence-electron chi connectivity index (χ4n) is 4.93. The lowest BCUT2D eigenvalue weighted by atomic mass is 9.98. The molecule has 3 aromatic rings. The number of rotatable bonds is 5. The van der Waals surface area contributed by atoms with E-state index in [-0.39, 0.29) is 30.5 Å². The van der Waals surface area contributed by atoms with Gasteiger partial charge in [-0.2, -0.15) is 0 Å². The number of amides is 2. The van der Waals surface area contributed by atoms with Crippen molar-refractivity contribution in [3.05, 3.63) is 94.5 Å². The second-order valence-electron chi connectivity index (χ2n) is 8.63. The number of carbonyl (C=O) groups excluding carboxylic acids is 2. The van der Waals surface area contributed by atoms with Gasteiger partial charge in [-0.3, -0.25) is 4.79 Å². The minimum Gasteiger partial charge on any atom is -0.478 e. The highest BCUT2D eigenvalue weighted by Crippen LogP contribution is 2.44. The van der Waals surface area contributed by atoms with Gasteiger partial charge in [0.2, 0.25) is 5.91 Å². The number of alkyl carbamates (subject to hydrolysis) is 1. The first-order valence-corrected chi connectivity index (χ1v) is 11.2. The van der Waals surface area contributed by atoms with Crippen LogP contribution >= 0.6 is 0 Å². The molecule has 2 amide bonds. The lowest BCUT2D eigenvalue weighted by Crippen LogP contribution is -2.45. The lowest BCUT2D eigenvalue weighted by Gasteiger charge is -2.21. The van der Waals surface area contributed by atoms with E-state index in [1.165, 1.54) is 6.07 Å². The van der Waals surface area contributed by atoms with E-state index in [1.807, 2.05) is 42.5 Å². The van der Waals surface area contributed by atoms with Crippen LogP contribution in [0.2, 0.25) is 0 Å². The molecule has 0 spiro atoms. The average Bonchev–Trinajstić information content (AvgIpc) is 3.41. The Labute approximate surface area is 197 Å². The summed E-state index contributed by atoms with van der Waals surface area (Å²) < 4.78 is 5.54. The number of benzene rings is 3. The Bertz CT molecular complexity index is 1260. The molecule has 7 nitrogen and oxygen atoms in total. The van der Waals surface area contributed by atoms with Crippen LogP contribution in [0.4, 0.5) is 4.79 Å². The van der Waals surface area contributed by atoms with Gasteiger partial charge in [-0.05, 0) is 46.4 Å². The van der Waals surface area contributed by atoms with Gasteiger partial charge in [0, 0.05) is 19.0 Å². The fraction of sp³-hybridized carbons (Fsp3) is 0.222. The van der Waals surface area contributed by atoms with Gasteiger partial charge in [0.1, 0.15) is 12.6 Å². The fourth-order valence-corrected chi connectivity index (χ4v) is 4.93. The minimum absolute atomic E-state index is 0.0633. The highest BCUT2D eigenvalue weighted by molar-refractivity contribution is 5.91. The van der Waals surface area contributed by atoms with Crippen LogP contribution in [0.15, 0.2) is 66.7 Å². The Morgan fingerprint density at radius 3 is 2.26 bits per heavy atom. The summed E-state index contributed by atoms with van der Waals surface area (Å²) in [7, 11) is 0. The maximum atomic E-state index is 12.9. The first-order valence-electron chi connectivity index (χ1n) is 11.2. The topological polar surface area (TPSA) is 95.9 Å². The molecule has 5 rings (SSSR count). The third-order valence-corrected chi connectivity index (χ3v) is 6.57. The Morgan fingerprint density at radius 2 is 1.62 bits per heavy atom. The van der Waals surface area contributed by atoms with E-state index in [2.05, 4.69) is 17.4 Å². The van der Waals surface area contributed by atoms with Crippen LogP contribution in [-0.2, 0) is 22.6 Å². The van der Waals surface area contributed by atoms with Crippen LogP contribution in [0.3, 0.4) is 0 Å². The maximum Gasteiger partial charge on any atom is 0.407 e.